The maximum Gasteiger partial charge on any atom is 0.327 e. The molecule has 1 N–H and O–H groups in total. The Hall–Kier alpha value is -0.660. The molecule has 0 radical (unpaired) electrons. The van der Waals surface area contributed by atoms with Gasteiger partial charge >= 0.3 is 5.97 Å². The van der Waals surface area contributed by atoms with Gasteiger partial charge in [-0.25, -0.2) is 13.2 Å². The maximum atomic E-state index is 12.7. The minimum Gasteiger partial charge on any atom is -0.465 e. The van der Waals surface area contributed by atoms with E-state index in [0.717, 1.165) is 32.5 Å². The third kappa shape index (κ3) is 3.24. The minimum absolute atomic E-state index is 0.281. The SMILES string of the molecule is CCOC(=O)C1(N2CCCNCC2)CCCC1S(C)(=O)=O. The molecule has 1 saturated carbocycles. The Labute approximate surface area is 127 Å². The van der Waals surface area contributed by atoms with Gasteiger partial charge in [-0.05, 0) is 39.2 Å². The highest BCUT2D eigenvalue weighted by molar-refractivity contribution is 7.91. The van der Waals surface area contributed by atoms with Gasteiger partial charge in [0.1, 0.15) is 5.54 Å². The van der Waals surface area contributed by atoms with Crippen molar-refractivity contribution in [3.63, 3.8) is 0 Å². The highest BCUT2D eigenvalue weighted by atomic mass is 32.2. The second kappa shape index (κ2) is 6.62. The summed E-state index contributed by atoms with van der Waals surface area (Å²) in [6.07, 6.45) is 4.02. The summed E-state index contributed by atoms with van der Waals surface area (Å²) in [5.74, 6) is -0.361. The molecule has 6 nitrogen and oxygen atoms in total. The van der Waals surface area contributed by atoms with E-state index in [2.05, 4.69) is 10.2 Å². The van der Waals surface area contributed by atoms with E-state index >= 15 is 0 Å². The molecule has 0 aromatic carbocycles. The molecule has 0 bridgehead atoms. The topological polar surface area (TPSA) is 75.7 Å². The molecule has 0 spiro atoms. The Kier molecular flexibility index (Phi) is 5.27. The Morgan fingerprint density at radius 3 is 2.76 bits per heavy atom. The summed E-state index contributed by atoms with van der Waals surface area (Å²) in [4.78, 5) is 14.7. The lowest BCUT2D eigenvalue weighted by Crippen LogP contribution is -2.62. The Morgan fingerprint density at radius 2 is 2.10 bits per heavy atom. The van der Waals surface area contributed by atoms with Crippen LogP contribution < -0.4 is 5.32 Å². The molecular weight excluding hydrogens is 292 g/mol. The summed E-state index contributed by atoms with van der Waals surface area (Å²) in [7, 11) is -3.30. The molecule has 2 atom stereocenters. The van der Waals surface area contributed by atoms with E-state index in [9.17, 15) is 13.2 Å². The van der Waals surface area contributed by atoms with Crippen molar-refractivity contribution in [1.82, 2.24) is 10.2 Å². The van der Waals surface area contributed by atoms with Crippen LogP contribution in [0, 0.1) is 0 Å². The van der Waals surface area contributed by atoms with Crippen molar-refractivity contribution >= 4 is 15.8 Å². The van der Waals surface area contributed by atoms with E-state index in [1.165, 1.54) is 6.26 Å². The van der Waals surface area contributed by atoms with Crippen LogP contribution >= 0.6 is 0 Å². The fraction of sp³-hybridized carbons (Fsp3) is 0.929. The Morgan fingerprint density at radius 1 is 1.33 bits per heavy atom. The maximum absolute atomic E-state index is 12.7. The predicted octanol–water partition coefficient (Wildman–Crippen LogP) is 0.181. The average Bonchev–Trinajstić information content (AvgIpc) is 2.70. The molecule has 1 aliphatic heterocycles. The zero-order valence-corrected chi connectivity index (χ0v) is 13.7. The molecular formula is C14H26N2O4S. The number of carbonyl (C=O) groups is 1. The largest absolute Gasteiger partial charge is 0.465 e. The second-order valence-corrected chi connectivity index (χ2v) is 8.17. The predicted molar refractivity (Wildman–Crippen MR) is 80.9 cm³/mol. The highest BCUT2D eigenvalue weighted by Crippen LogP contribution is 2.41. The van der Waals surface area contributed by atoms with E-state index < -0.39 is 20.6 Å². The molecule has 0 aromatic rings. The number of rotatable bonds is 4. The first kappa shape index (κ1) is 16.7. The lowest BCUT2D eigenvalue weighted by Gasteiger charge is -2.41. The summed E-state index contributed by atoms with van der Waals surface area (Å²) in [5, 5.41) is 2.65. The number of nitrogens with zero attached hydrogens (tertiary/aromatic N) is 1. The number of sulfone groups is 1. The molecule has 2 aliphatic rings. The molecule has 21 heavy (non-hydrogen) atoms. The van der Waals surface area contributed by atoms with Crippen molar-refractivity contribution in [3.8, 4) is 0 Å². The fourth-order valence-corrected chi connectivity index (χ4v) is 5.42. The van der Waals surface area contributed by atoms with Gasteiger partial charge in [-0.15, -0.1) is 0 Å². The normalized spacial score (nSPS) is 31.8. The van der Waals surface area contributed by atoms with Crippen LogP contribution in [0.2, 0.25) is 0 Å². The molecule has 1 heterocycles. The second-order valence-electron chi connectivity index (χ2n) is 5.95. The van der Waals surface area contributed by atoms with Gasteiger partial charge in [0.25, 0.3) is 0 Å². The third-order valence-corrected chi connectivity index (χ3v) is 6.27. The summed E-state index contributed by atoms with van der Waals surface area (Å²) < 4.78 is 29.8. The van der Waals surface area contributed by atoms with Crippen LogP contribution in [0.15, 0.2) is 0 Å². The average molecular weight is 318 g/mol. The first-order valence-electron chi connectivity index (χ1n) is 7.74. The first-order valence-corrected chi connectivity index (χ1v) is 9.70. The molecule has 7 heteroatoms. The van der Waals surface area contributed by atoms with Gasteiger partial charge in [0.15, 0.2) is 9.84 Å². The van der Waals surface area contributed by atoms with E-state index in [0.29, 0.717) is 19.4 Å². The zero-order valence-electron chi connectivity index (χ0n) is 12.9. The molecule has 0 aromatic heterocycles. The van der Waals surface area contributed by atoms with Crippen LogP contribution in [0.4, 0.5) is 0 Å². The van der Waals surface area contributed by atoms with E-state index in [4.69, 9.17) is 4.74 Å². The summed E-state index contributed by atoms with van der Waals surface area (Å²) >= 11 is 0. The monoisotopic (exact) mass is 318 g/mol. The number of ether oxygens (including phenoxy) is 1. The van der Waals surface area contributed by atoms with Gasteiger partial charge < -0.3 is 10.1 Å². The van der Waals surface area contributed by atoms with Crippen molar-refractivity contribution < 1.29 is 17.9 Å². The summed E-state index contributed by atoms with van der Waals surface area (Å²) in [6.45, 7) is 5.14. The van der Waals surface area contributed by atoms with Crippen LogP contribution in [0.5, 0.6) is 0 Å². The fourth-order valence-electron chi connectivity index (χ4n) is 3.75. The molecule has 1 aliphatic carbocycles. The van der Waals surface area contributed by atoms with Crippen molar-refractivity contribution in [2.24, 2.45) is 0 Å². The Balaban J connectivity index is 2.40. The Bertz CT molecular complexity index is 471. The van der Waals surface area contributed by atoms with Crippen molar-refractivity contribution in [1.29, 1.82) is 0 Å². The number of carbonyl (C=O) groups excluding carboxylic acids is 1. The number of nitrogens with one attached hydrogen (secondary N) is 1. The van der Waals surface area contributed by atoms with Gasteiger partial charge in [0, 0.05) is 25.9 Å². The van der Waals surface area contributed by atoms with Gasteiger partial charge in [0.2, 0.25) is 0 Å². The summed E-state index contributed by atoms with van der Waals surface area (Å²) in [5.41, 5.74) is -0.990. The van der Waals surface area contributed by atoms with Gasteiger partial charge in [-0.3, -0.25) is 4.90 Å². The van der Waals surface area contributed by atoms with E-state index in [1.807, 2.05) is 0 Å². The van der Waals surface area contributed by atoms with Gasteiger partial charge in [-0.2, -0.15) is 0 Å². The number of esters is 1. The number of hydrogen-bond acceptors (Lipinski definition) is 6. The molecule has 122 valence electrons. The molecule has 2 unspecified atom stereocenters. The standard InChI is InChI=1S/C14H26N2O4S/c1-3-20-13(17)14(16-10-5-8-15-9-11-16)7-4-6-12(14)21(2,18)19/h12,15H,3-11H2,1-2H3. The molecule has 2 rings (SSSR count). The highest BCUT2D eigenvalue weighted by Gasteiger charge is 2.57. The number of hydrogen-bond donors (Lipinski definition) is 1. The van der Waals surface area contributed by atoms with Crippen LogP contribution in [-0.4, -0.2) is 69.1 Å². The molecule has 2 fully saturated rings. The quantitative estimate of drug-likeness (QED) is 0.745. The smallest absolute Gasteiger partial charge is 0.327 e. The van der Waals surface area contributed by atoms with Crippen molar-refractivity contribution in [2.75, 3.05) is 39.0 Å². The van der Waals surface area contributed by atoms with Crippen LogP contribution in [0.1, 0.15) is 32.6 Å². The lowest BCUT2D eigenvalue weighted by molar-refractivity contribution is -0.157. The third-order valence-electron chi connectivity index (χ3n) is 4.61. The molecule has 1 saturated heterocycles. The van der Waals surface area contributed by atoms with Gasteiger partial charge in [0.05, 0.1) is 11.9 Å². The van der Waals surface area contributed by atoms with Gasteiger partial charge in [-0.1, -0.05) is 0 Å². The minimum atomic E-state index is -3.30. The van der Waals surface area contributed by atoms with E-state index in [-0.39, 0.29) is 12.6 Å². The van der Waals surface area contributed by atoms with Crippen LogP contribution in [-0.2, 0) is 19.4 Å². The zero-order chi connectivity index (χ0) is 15.5. The van der Waals surface area contributed by atoms with Crippen molar-refractivity contribution in [3.05, 3.63) is 0 Å². The molecule has 0 amide bonds. The van der Waals surface area contributed by atoms with E-state index in [1.54, 1.807) is 6.92 Å². The lowest BCUT2D eigenvalue weighted by atomic mass is 9.94. The summed E-state index contributed by atoms with van der Waals surface area (Å²) in [6, 6.07) is 0. The van der Waals surface area contributed by atoms with Crippen LogP contribution in [0.25, 0.3) is 0 Å². The van der Waals surface area contributed by atoms with Crippen LogP contribution in [0.3, 0.4) is 0 Å². The van der Waals surface area contributed by atoms with Crippen molar-refractivity contribution in [2.45, 2.75) is 43.4 Å². The first-order chi connectivity index (χ1) is 9.93.